The van der Waals surface area contributed by atoms with Crippen LogP contribution in [0.1, 0.15) is 26.3 Å². The standard InChI is InChI=1S/C23H28ClN3O2/c1-23(2,3)22(29)20-14-26-10-11-27(20)17-7-5-16(6-8-17)18-9-4-15(12-19(18)24)13-21(25)28/h4-9,12,20,26H,10-11,13-14H2,1-3H3,(H2,25,28). The fourth-order valence-electron chi connectivity index (χ4n) is 3.68. The van der Waals surface area contributed by atoms with E-state index in [1.165, 1.54) is 0 Å². The number of halogens is 1. The van der Waals surface area contributed by atoms with Gasteiger partial charge in [0.15, 0.2) is 5.78 Å². The predicted molar refractivity (Wildman–Crippen MR) is 118 cm³/mol. The molecule has 1 fully saturated rings. The van der Waals surface area contributed by atoms with E-state index in [-0.39, 0.29) is 29.6 Å². The van der Waals surface area contributed by atoms with Crippen LogP contribution < -0.4 is 16.0 Å². The smallest absolute Gasteiger partial charge is 0.221 e. The lowest BCUT2D eigenvalue weighted by Crippen LogP contribution is -2.57. The molecule has 1 heterocycles. The van der Waals surface area contributed by atoms with Crippen molar-refractivity contribution >= 4 is 29.0 Å². The number of anilines is 1. The molecule has 1 amide bonds. The molecule has 29 heavy (non-hydrogen) atoms. The average Bonchev–Trinajstić information content (AvgIpc) is 2.66. The highest BCUT2D eigenvalue weighted by atomic mass is 35.5. The van der Waals surface area contributed by atoms with Crippen molar-refractivity contribution in [2.75, 3.05) is 24.5 Å². The van der Waals surface area contributed by atoms with Gasteiger partial charge in [0.25, 0.3) is 0 Å². The van der Waals surface area contributed by atoms with Crippen molar-refractivity contribution in [3.05, 3.63) is 53.1 Å². The first-order valence-corrected chi connectivity index (χ1v) is 10.2. The third-order valence-corrected chi connectivity index (χ3v) is 5.52. The number of ketones is 1. The monoisotopic (exact) mass is 413 g/mol. The Hall–Kier alpha value is -2.37. The predicted octanol–water partition coefficient (Wildman–Crippen LogP) is 3.43. The Labute approximate surface area is 177 Å². The molecule has 1 unspecified atom stereocenters. The summed E-state index contributed by atoms with van der Waals surface area (Å²) in [6, 6.07) is 13.5. The second kappa shape index (κ2) is 8.56. The summed E-state index contributed by atoms with van der Waals surface area (Å²) in [4.78, 5) is 26.2. The quantitative estimate of drug-likeness (QED) is 0.787. The lowest BCUT2D eigenvalue weighted by atomic mass is 9.85. The van der Waals surface area contributed by atoms with Crippen molar-refractivity contribution in [2.24, 2.45) is 11.1 Å². The summed E-state index contributed by atoms with van der Waals surface area (Å²) in [7, 11) is 0. The van der Waals surface area contributed by atoms with Crippen LogP contribution in [-0.4, -0.2) is 37.4 Å². The molecular formula is C23H28ClN3O2. The van der Waals surface area contributed by atoms with Gasteiger partial charge in [0.1, 0.15) is 6.04 Å². The molecule has 3 N–H and O–H groups in total. The summed E-state index contributed by atoms with van der Waals surface area (Å²) in [5.74, 6) is -0.143. The minimum Gasteiger partial charge on any atom is -0.369 e. The molecule has 0 radical (unpaired) electrons. The molecule has 1 aliphatic heterocycles. The maximum absolute atomic E-state index is 12.9. The van der Waals surface area contributed by atoms with Crippen molar-refractivity contribution < 1.29 is 9.59 Å². The third kappa shape index (κ3) is 4.98. The normalized spacial score (nSPS) is 17.2. The summed E-state index contributed by atoms with van der Waals surface area (Å²) in [6.07, 6.45) is 0.172. The summed E-state index contributed by atoms with van der Waals surface area (Å²) in [5, 5.41) is 3.92. The van der Waals surface area contributed by atoms with E-state index in [9.17, 15) is 9.59 Å². The summed E-state index contributed by atoms with van der Waals surface area (Å²) in [6.45, 7) is 8.20. The molecule has 2 aromatic rings. The van der Waals surface area contributed by atoms with Crippen LogP contribution in [0.25, 0.3) is 11.1 Å². The fraction of sp³-hybridized carbons (Fsp3) is 0.391. The topological polar surface area (TPSA) is 75.4 Å². The SMILES string of the molecule is CC(C)(C)C(=O)C1CNCCN1c1ccc(-c2ccc(CC(N)=O)cc2Cl)cc1. The van der Waals surface area contributed by atoms with Gasteiger partial charge in [-0.1, -0.05) is 56.6 Å². The van der Waals surface area contributed by atoms with Crippen LogP contribution in [0.2, 0.25) is 5.02 Å². The maximum atomic E-state index is 12.9. The Bertz CT molecular complexity index is 903. The average molecular weight is 414 g/mol. The zero-order valence-corrected chi connectivity index (χ0v) is 17.9. The van der Waals surface area contributed by atoms with E-state index < -0.39 is 0 Å². The Morgan fingerprint density at radius 3 is 2.45 bits per heavy atom. The second-order valence-electron chi connectivity index (χ2n) is 8.53. The van der Waals surface area contributed by atoms with E-state index in [1.807, 2.05) is 57.2 Å². The van der Waals surface area contributed by atoms with Gasteiger partial charge in [-0.3, -0.25) is 9.59 Å². The van der Waals surface area contributed by atoms with Crippen LogP contribution in [-0.2, 0) is 16.0 Å². The van der Waals surface area contributed by atoms with Crippen LogP contribution in [0.3, 0.4) is 0 Å². The van der Waals surface area contributed by atoms with Crippen LogP contribution in [0, 0.1) is 5.41 Å². The lowest BCUT2D eigenvalue weighted by Gasteiger charge is -2.39. The lowest BCUT2D eigenvalue weighted by molar-refractivity contribution is -0.127. The largest absolute Gasteiger partial charge is 0.369 e. The number of Topliss-reactive ketones (excluding diaryl/α,β-unsaturated/α-hetero) is 1. The molecular weight excluding hydrogens is 386 g/mol. The molecule has 0 bridgehead atoms. The first-order valence-electron chi connectivity index (χ1n) is 9.85. The van der Waals surface area contributed by atoms with E-state index in [0.717, 1.165) is 35.5 Å². The first-order chi connectivity index (χ1) is 13.7. The number of benzene rings is 2. The van der Waals surface area contributed by atoms with E-state index >= 15 is 0 Å². The molecule has 3 rings (SSSR count). The molecule has 6 heteroatoms. The number of nitrogens with two attached hydrogens (primary N) is 1. The van der Waals surface area contributed by atoms with Gasteiger partial charge in [0.05, 0.1) is 6.42 Å². The summed E-state index contributed by atoms with van der Waals surface area (Å²) < 4.78 is 0. The van der Waals surface area contributed by atoms with Gasteiger partial charge in [-0.05, 0) is 29.3 Å². The van der Waals surface area contributed by atoms with E-state index in [1.54, 1.807) is 6.07 Å². The number of hydrogen-bond donors (Lipinski definition) is 2. The molecule has 2 aromatic carbocycles. The van der Waals surface area contributed by atoms with Crippen LogP contribution in [0.4, 0.5) is 5.69 Å². The van der Waals surface area contributed by atoms with Gasteiger partial charge in [-0.25, -0.2) is 0 Å². The summed E-state index contributed by atoms with van der Waals surface area (Å²) >= 11 is 6.44. The van der Waals surface area contributed by atoms with Crippen molar-refractivity contribution in [1.82, 2.24) is 5.32 Å². The zero-order valence-electron chi connectivity index (χ0n) is 17.2. The van der Waals surface area contributed by atoms with E-state index in [0.29, 0.717) is 11.6 Å². The number of primary amides is 1. The minimum atomic E-state index is -0.387. The zero-order chi connectivity index (χ0) is 21.2. The molecule has 1 aliphatic rings. The van der Waals surface area contributed by atoms with Crippen LogP contribution in [0.15, 0.2) is 42.5 Å². The van der Waals surface area contributed by atoms with Gasteiger partial charge < -0.3 is 16.0 Å². The highest BCUT2D eigenvalue weighted by Crippen LogP contribution is 2.32. The molecule has 154 valence electrons. The molecule has 0 aliphatic carbocycles. The number of carbonyl (C=O) groups excluding carboxylic acids is 2. The molecule has 1 atom stereocenters. The number of piperazine rings is 1. The molecule has 5 nitrogen and oxygen atoms in total. The van der Waals surface area contributed by atoms with Gasteiger partial charge in [-0.2, -0.15) is 0 Å². The number of carbonyl (C=O) groups is 2. The molecule has 1 saturated heterocycles. The Morgan fingerprint density at radius 2 is 1.86 bits per heavy atom. The van der Waals surface area contributed by atoms with Gasteiger partial charge >= 0.3 is 0 Å². The van der Waals surface area contributed by atoms with Gasteiger partial charge in [0.2, 0.25) is 5.91 Å². The minimum absolute atomic E-state index is 0.172. The van der Waals surface area contributed by atoms with Crippen molar-refractivity contribution in [3.8, 4) is 11.1 Å². The maximum Gasteiger partial charge on any atom is 0.221 e. The van der Waals surface area contributed by atoms with Gasteiger partial charge in [-0.15, -0.1) is 0 Å². The number of amides is 1. The Balaban J connectivity index is 1.84. The molecule has 0 aromatic heterocycles. The van der Waals surface area contributed by atoms with Crippen molar-refractivity contribution in [3.63, 3.8) is 0 Å². The Morgan fingerprint density at radius 1 is 1.17 bits per heavy atom. The van der Waals surface area contributed by atoms with E-state index in [4.69, 9.17) is 17.3 Å². The van der Waals surface area contributed by atoms with E-state index in [2.05, 4.69) is 10.2 Å². The van der Waals surface area contributed by atoms with Crippen molar-refractivity contribution in [2.45, 2.75) is 33.2 Å². The van der Waals surface area contributed by atoms with Gasteiger partial charge in [0, 0.05) is 41.3 Å². The number of nitrogens with one attached hydrogen (secondary N) is 1. The third-order valence-electron chi connectivity index (χ3n) is 5.21. The highest BCUT2D eigenvalue weighted by Gasteiger charge is 2.35. The Kier molecular flexibility index (Phi) is 6.30. The number of hydrogen-bond acceptors (Lipinski definition) is 4. The first kappa shape index (κ1) is 21.3. The second-order valence-corrected chi connectivity index (χ2v) is 8.94. The fourth-order valence-corrected chi connectivity index (χ4v) is 4.00. The molecule has 0 spiro atoms. The number of rotatable bonds is 5. The number of nitrogens with zero attached hydrogens (tertiary/aromatic N) is 1. The molecule has 0 saturated carbocycles. The summed E-state index contributed by atoms with van der Waals surface area (Å²) in [5.41, 5.74) is 8.58. The van der Waals surface area contributed by atoms with Crippen molar-refractivity contribution in [1.29, 1.82) is 0 Å². The van der Waals surface area contributed by atoms with Crippen LogP contribution >= 0.6 is 11.6 Å². The highest BCUT2D eigenvalue weighted by molar-refractivity contribution is 6.33. The van der Waals surface area contributed by atoms with Crippen LogP contribution in [0.5, 0.6) is 0 Å².